The van der Waals surface area contributed by atoms with Crippen molar-refractivity contribution in [1.82, 2.24) is 4.57 Å². The van der Waals surface area contributed by atoms with Crippen LogP contribution in [0.1, 0.15) is 21.5 Å². The van der Waals surface area contributed by atoms with Crippen LogP contribution >= 0.6 is 0 Å². The van der Waals surface area contributed by atoms with Gasteiger partial charge in [-0.05, 0) is 47.7 Å². The lowest BCUT2D eigenvalue weighted by Gasteiger charge is -2.09. The third-order valence-electron chi connectivity index (χ3n) is 3.58. The zero-order valence-electron chi connectivity index (χ0n) is 11.1. The number of nitrogens with zero attached hydrogens (tertiary/aromatic N) is 1. The maximum Gasteiger partial charge on any atom is 0.150 e. The van der Waals surface area contributed by atoms with E-state index in [2.05, 4.69) is 4.57 Å². The van der Waals surface area contributed by atoms with E-state index in [1.54, 1.807) is 6.07 Å². The monoisotopic (exact) mass is 267 g/mol. The van der Waals surface area contributed by atoms with E-state index in [1.165, 1.54) is 12.1 Å². The number of aldehydes is 1. The van der Waals surface area contributed by atoms with Crippen LogP contribution in [0.25, 0.3) is 10.9 Å². The average Bonchev–Trinajstić information content (AvgIpc) is 2.84. The van der Waals surface area contributed by atoms with E-state index in [0.717, 1.165) is 28.3 Å². The second kappa shape index (κ2) is 4.93. The molecule has 0 unspecified atom stereocenters. The molecule has 0 aliphatic rings. The molecule has 0 saturated heterocycles. The number of hydrogen-bond acceptors (Lipinski definition) is 1. The number of carbonyl (C=O) groups excluding carboxylic acids is 1. The molecule has 1 aromatic heterocycles. The molecular weight excluding hydrogens is 253 g/mol. The molecule has 0 saturated carbocycles. The molecule has 0 spiro atoms. The van der Waals surface area contributed by atoms with Crippen LogP contribution in [0.4, 0.5) is 4.39 Å². The number of rotatable bonds is 3. The van der Waals surface area contributed by atoms with Gasteiger partial charge in [-0.2, -0.15) is 0 Å². The number of benzene rings is 2. The molecule has 3 aromatic rings. The molecule has 2 aromatic carbocycles. The van der Waals surface area contributed by atoms with Gasteiger partial charge in [0.1, 0.15) is 12.1 Å². The maximum absolute atomic E-state index is 13.1. The maximum atomic E-state index is 13.1. The van der Waals surface area contributed by atoms with Crippen LogP contribution in [0.15, 0.2) is 48.7 Å². The van der Waals surface area contributed by atoms with Crippen molar-refractivity contribution in [3.05, 3.63) is 71.2 Å². The summed E-state index contributed by atoms with van der Waals surface area (Å²) in [6, 6.07) is 12.5. The van der Waals surface area contributed by atoms with Crippen LogP contribution in [0.3, 0.4) is 0 Å². The van der Waals surface area contributed by atoms with Gasteiger partial charge in [0.2, 0.25) is 0 Å². The van der Waals surface area contributed by atoms with Crippen molar-refractivity contribution in [2.75, 3.05) is 0 Å². The third-order valence-corrected chi connectivity index (χ3v) is 3.58. The summed E-state index contributed by atoms with van der Waals surface area (Å²) in [5.41, 5.74) is 3.67. The molecule has 0 aliphatic carbocycles. The Bertz CT molecular complexity index is 789. The molecule has 0 N–H and O–H groups in total. The molecule has 20 heavy (non-hydrogen) atoms. The largest absolute Gasteiger partial charge is 0.343 e. The van der Waals surface area contributed by atoms with Crippen molar-refractivity contribution in [3.63, 3.8) is 0 Å². The smallest absolute Gasteiger partial charge is 0.150 e. The van der Waals surface area contributed by atoms with Crippen molar-refractivity contribution in [1.29, 1.82) is 0 Å². The Morgan fingerprint density at radius 2 is 2.00 bits per heavy atom. The highest BCUT2D eigenvalue weighted by Gasteiger charge is 2.05. The van der Waals surface area contributed by atoms with Gasteiger partial charge in [0, 0.05) is 23.8 Å². The van der Waals surface area contributed by atoms with Crippen LogP contribution in [-0.2, 0) is 6.54 Å². The number of aryl methyl sites for hydroxylation is 1. The van der Waals surface area contributed by atoms with Crippen LogP contribution < -0.4 is 0 Å². The standard InChI is InChI=1S/C17H14FNO/c1-12-8-16(18)5-4-15(12)10-19-7-6-14-3-2-13(11-20)9-17(14)19/h2-9,11H,10H2,1H3. The fourth-order valence-corrected chi connectivity index (χ4v) is 2.43. The van der Waals surface area contributed by atoms with E-state index < -0.39 is 0 Å². The normalized spacial score (nSPS) is 10.9. The number of hydrogen-bond donors (Lipinski definition) is 0. The first-order valence-corrected chi connectivity index (χ1v) is 6.46. The summed E-state index contributed by atoms with van der Waals surface area (Å²) in [4.78, 5) is 10.9. The molecule has 0 radical (unpaired) electrons. The fraction of sp³-hybridized carbons (Fsp3) is 0.118. The Morgan fingerprint density at radius 1 is 1.15 bits per heavy atom. The minimum Gasteiger partial charge on any atom is -0.343 e. The first kappa shape index (κ1) is 12.6. The summed E-state index contributed by atoms with van der Waals surface area (Å²) >= 11 is 0. The van der Waals surface area contributed by atoms with Crippen LogP contribution in [0, 0.1) is 12.7 Å². The van der Waals surface area contributed by atoms with E-state index >= 15 is 0 Å². The molecule has 0 amide bonds. The minimum absolute atomic E-state index is 0.216. The first-order valence-electron chi connectivity index (χ1n) is 6.46. The molecule has 3 heteroatoms. The van der Waals surface area contributed by atoms with Gasteiger partial charge in [0.25, 0.3) is 0 Å². The number of aromatic nitrogens is 1. The summed E-state index contributed by atoms with van der Waals surface area (Å²) < 4.78 is 15.2. The molecule has 0 fully saturated rings. The van der Waals surface area contributed by atoms with Gasteiger partial charge in [-0.1, -0.05) is 18.2 Å². The topological polar surface area (TPSA) is 22.0 Å². The van der Waals surface area contributed by atoms with E-state index in [-0.39, 0.29) is 5.82 Å². The lowest BCUT2D eigenvalue weighted by atomic mass is 10.1. The lowest BCUT2D eigenvalue weighted by molar-refractivity contribution is 0.112. The summed E-state index contributed by atoms with van der Waals surface area (Å²) in [5, 5.41) is 1.09. The second-order valence-electron chi connectivity index (χ2n) is 4.95. The number of fused-ring (bicyclic) bond motifs is 1. The molecule has 3 rings (SSSR count). The van der Waals surface area contributed by atoms with Gasteiger partial charge < -0.3 is 4.57 Å². The average molecular weight is 267 g/mol. The van der Waals surface area contributed by atoms with Gasteiger partial charge in [-0.3, -0.25) is 4.79 Å². The summed E-state index contributed by atoms with van der Waals surface area (Å²) in [5.74, 6) is -0.216. The van der Waals surface area contributed by atoms with Crippen molar-refractivity contribution in [3.8, 4) is 0 Å². The molecule has 0 aliphatic heterocycles. The first-order chi connectivity index (χ1) is 9.67. The SMILES string of the molecule is Cc1cc(F)ccc1Cn1ccc2ccc(C=O)cc21. The molecule has 0 atom stereocenters. The van der Waals surface area contributed by atoms with Gasteiger partial charge in [0.05, 0.1) is 0 Å². The van der Waals surface area contributed by atoms with Crippen molar-refractivity contribution >= 4 is 17.2 Å². The summed E-state index contributed by atoms with van der Waals surface area (Å²) in [7, 11) is 0. The summed E-state index contributed by atoms with van der Waals surface area (Å²) in [6.45, 7) is 2.57. The van der Waals surface area contributed by atoms with Gasteiger partial charge >= 0.3 is 0 Å². The third kappa shape index (κ3) is 2.23. The van der Waals surface area contributed by atoms with Crippen LogP contribution in [0.2, 0.25) is 0 Å². The van der Waals surface area contributed by atoms with Gasteiger partial charge in [-0.15, -0.1) is 0 Å². The zero-order chi connectivity index (χ0) is 14.1. The highest BCUT2D eigenvalue weighted by molar-refractivity contribution is 5.87. The molecule has 1 heterocycles. The highest BCUT2D eigenvalue weighted by atomic mass is 19.1. The quantitative estimate of drug-likeness (QED) is 0.659. The van der Waals surface area contributed by atoms with Gasteiger partial charge in [-0.25, -0.2) is 4.39 Å². The Hall–Kier alpha value is -2.42. The van der Waals surface area contributed by atoms with Crippen LogP contribution in [-0.4, -0.2) is 10.9 Å². The lowest BCUT2D eigenvalue weighted by Crippen LogP contribution is -2.00. The Labute approximate surface area is 116 Å². The molecular formula is C17H14FNO. The Kier molecular flexibility index (Phi) is 3.11. The van der Waals surface area contributed by atoms with Crippen molar-refractivity contribution in [2.45, 2.75) is 13.5 Å². The van der Waals surface area contributed by atoms with Crippen LogP contribution in [0.5, 0.6) is 0 Å². The Balaban J connectivity index is 2.04. The summed E-state index contributed by atoms with van der Waals surface area (Å²) in [6.07, 6.45) is 2.84. The predicted molar refractivity (Wildman–Crippen MR) is 77.6 cm³/mol. The van der Waals surface area contributed by atoms with Gasteiger partial charge in [0.15, 0.2) is 0 Å². The molecule has 0 bridgehead atoms. The van der Waals surface area contributed by atoms with E-state index in [1.807, 2.05) is 37.4 Å². The molecule has 2 nitrogen and oxygen atoms in total. The van der Waals surface area contributed by atoms with E-state index in [4.69, 9.17) is 0 Å². The van der Waals surface area contributed by atoms with Crippen molar-refractivity contribution < 1.29 is 9.18 Å². The minimum atomic E-state index is -0.216. The fourth-order valence-electron chi connectivity index (χ4n) is 2.43. The Morgan fingerprint density at radius 3 is 2.75 bits per heavy atom. The van der Waals surface area contributed by atoms with Crippen molar-refractivity contribution in [2.24, 2.45) is 0 Å². The number of halogens is 1. The zero-order valence-corrected chi connectivity index (χ0v) is 11.1. The molecule has 100 valence electrons. The second-order valence-corrected chi connectivity index (χ2v) is 4.95. The van der Waals surface area contributed by atoms with E-state index in [9.17, 15) is 9.18 Å². The van der Waals surface area contributed by atoms with E-state index in [0.29, 0.717) is 12.1 Å². The highest BCUT2D eigenvalue weighted by Crippen LogP contribution is 2.20. The number of carbonyl (C=O) groups is 1. The predicted octanol–water partition coefficient (Wildman–Crippen LogP) is 3.95.